The smallest absolute Gasteiger partial charge is 0.320 e. The number of amides is 3. The number of carbonyl (C=O) groups excluding carboxylic acids is 2. The summed E-state index contributed by atoms with van der Waals surface area (Å²) in [5.74, 6) is 0.0996. The zero-order valence-electron chi connectivity index (χ0n) is 19.7. The second-order valence-electron chi connectivity index (χ2n) is 9.57. The summed E-state index contributed by atoms with van der Waals surface area (Å²) < 4.78 is 0. The summed E-state index contributed by atoms with van der Waals surface area (Å²) in [6.45, 7) is 10.2. The molecule has 7 heteroatoms. The van der Waals surface area contributed by atoms with Gasteiger partial charge in [0, 0.05) is 71.5 Å². The molecule has 0 bridgehead atoms. The number of hydrogen-bond donors (Lipinski definition) is 0. The zero-order chi connectivity index (χ0) is 22.3. The molecule has 3 saturated heterocycles. The number of likely N-dealkylation sites (N-methyl/N-ethyl adjacent to an activating group) is 1. The van der Waals surface area contributed by atoms with Crippen molar-refractivity contribution in [2.24, 2.45) is 0 Å². The Bertz CT molecular complexity index is 748. The number of hydrogen-bond acceptors (Lipinski definition) is 4. The lowest BCUT2D eigenvalue weighted by atomic mass is 10.1. The summed E-state index contributed by atoms with van der Waals surface area (Å²) in [6, 6.07) is 8.29. The fourth-order valence-corrected chi connectivity index (χ4v) is 5.01. The largest absolute Gasteiger partial charge is 0.340 e. The number of nitrogens with zero attached hydrogens (tertiary/aromatic N) is 5. The van der Waals surface area contributed by atoms with Crippen molar-refractivity contribution in [3.05, 3.63) is 35.4 Å². The molecule has 0 atom stereocenters. The van der Waals surface area contributed by atoms with E-state index in [1.165, 1.54) is 24.8 Å². The van der Waals surface area contributed by atoms with Crippen molar-refractivity contribution in [2.75, 3.05) is 72.5 Å². The van der Waals surface area contributed by atoms with Gasteiger partial charge < -0.3 is 19.6 Å². The monoisotopic (exact) mass is 441 g/mol. The van der Waals surface area contributed by atoms with Gasteiger partial charge in [0.1, 0.15) is 0 Å². The molecule has 0 radical (unpaired) electrons. The third kappa shape index (κ3) is 6.01. The molecule has 3 heterocycles. The highest BCUT2D eigenvalue weighted by molar-refractivity contribution is 5.94. The quantitative estimate of drug-likeness (QED) is 0.681. The Balaban J connectivity index is 1.20. The van der Waals surface area contributed by atoms with Crippen LogP contribution in [0.4, 0.5) is 4.79 Å². The van der Waals surface area contributed by atoms with Crippen molar-refractivity contribution < 1.29 is 9.59 Å². The molecule has 0 aliphatic carbocycles. The number of urea groups is 1. The van der Waals surface area contributed by atoms with E-state index in [-0.39, 0.29) is 11.9 Å². The van der Waals surface area contributed by atoms with Gasteiger partial charge in [0.15, 0.2) is 0 Å². The summed E-state index contributed by atoms with van der Waals surface area (Å²) in [5.41, 5.74) is 1.98. The van der Waals surface area contributed by atoms with Gasteiger partial charge in [0.25, 0.3) is 5.91 Å². The molecular formula is C25H39N5O2. The van der Waals surface area contributed by atoms with Gasteiger partial charge in [0.05, 0.1) is 0 Å². The van der Waals surface area contributed by atoms with Crippen LogP contribution in [0, 0.1) is 0 Å². The zero-order valence-corrected chi connectivity index (χ0v) is 19.7. The molecule has 0 aromatic heterocycles. The molecule has 0 saturated carbocycles. The number of piperidine rings is 1. The SMILES string of the molecule is CN(CCN1CCCCC1)C(=O)c1ccc(CN2CCN(C(=O)N3CCCC3)CC2)cc1. The first-order valence-corrected chi connectivity index (χ1v) is 12.4. The average Bonchev–Trinajstić information content (AvgIpc) is 3.38. The minimum absolute atomic E-state index is 0.0996. The van der Waals surface area contributed by atoms with Crippen molar-refractivity contribution in [3.8, 4) is 0 Å². The van der Waals surface area contributed by atoms with E-state index < -0.39 is 0 Å². The fraction of sp³-hybridized carbons (Fsp3) is 0.680. The van der Waals surface area contributed by atoms with Crippen molar-refractivity contribution in [1.29, 1.82) is 0 Å². The van der Waals surface area contributed by atoms with Crippen LogP contribution in [-0.2, 0) is 6.54 Å². The van der Waals surface area contributed by atoms with Gasteiger partial charge >= 0.3 is 6.03 Å². The highest BCUT2D eigenvalue weighted by Crippen LogP contribution is 2.15. The van der Waals surface area contributed by atoms with E-state index in [4.69, 9.17) is 0 Å². The number of likely N-dealkylation sites (tertiary alicyclic amines) is 2. The second-order valence-corrected chi connectivity index (χ2v) is 9.57. The van der Waals surface area contributed by atoms with Crippen LogP contribution in [0.15, 0.2) is 24.3 Å². The Morgan fingerprint density at radius 1 is 0.750 bits per heavy atom. The minimum atomic E-state index is 0.0996. The molecule has 0 spiro atoms. The lowest BCUT2D eigenvalue weighted by molar-refractivity contribution is 0.0773. The van der Waals surface area contributed by atoms with Gasteiger partial charge in [-0.1, -0.05) is 18.6 Å². The van der Waals surface area contributed by atoms with E-state index in [0.717, 1.165) is 90.4 Å². The molecule has 3 aliphatic heterocycles. The highest BCUT2D eigenvalue weighted by Gasteiger charge is 2.26. The van der Waals surface area contributed by atoms with Crippen LogP contribution < -0.4 is 0 Å². The first-order chi connectivity index (χ1) is 15.6. The van der Waals surface area contributed by atoms with Crippen LogP contribution in [0.2, 0.25) is 0 Å². The number of carbonyl (C=O) groups is 2. The maximum atomic E-state index is 12.8. The number of rotatable bonds is 6. The molecular weight excluding hydrogens is 402 g/mol. The topological polar surface area (TPSA) is 50.3 Å². The summed E-state index contributed by atoms with van der Waals surface area (Å²) in [5, 5.41) is 0. The Labute approximate surface area is 192 Å². The van der Waals surface area contributed by atoms with Crippen molar-refractivity contribution in [3.63, 3.8) is 0 Å². The summed E-state index contributed by atoms with van der Waals surface area (Å²) in [6.07, 6.45) is 6.17. The van der Waals surface area contributed by atoms with Crippen molar-refractivity contribution >= 4 is 11.9 Å². The predicted octanol–water partition coefficient (Wildman–Crippen LogP) is 2.58. The molecule has 0 N–H and O–H groups in total. The molecule has 0 unspecified atom stereocenters. The van der Waals surface area contributed by atoms with Crippen LogP contribution in [0.1, 0.15) is 48.0 Å². The van der Waals surface area contributed by atoms with E-state index in [9.17, 15) is 9.59 Å². The van der Waals surface area contributed by atoms with Gasteiger partial charge in [-0.3, -0.25) is 9.69 Å². The van der Waals surface area contributed by atoms with Crippen LogP contribution in [-0.4, -0.2) is 109 Å². The van der Waals surface area contributed by atoms with Gasteiger partial charge in [-0.2, -0.15) is 0 Å². The molecule has 4 rings (SSSR count). The molecule has 7 nitrogen and oxygen atoms in total. The van der Waals surface area contributed by atoms with E-state index in [0.29, 0.717) is 0 Å². The summed E-state index contributed by atoms with van der Waals surface area (Å²) in [7, 11) is 1.91. The minimum Gasteiger partial charge on any atom is -0.340 e. The van der Waals surface area contributed by atoms with Crippen molar-refractivity contribution in [1.82, 2.24) is 24.5 Å². The van der Waals surface area contributed by atoms with Crippen LogP contribution in [0.25, 0.3) is 0 Å². The highest BCUT2D eigenvalue weighted by atomic mass is 16.2. The molecule has 1 aromatic rings. The summed E-state index contributed by atoms with van der Waals surface area (Å²) >= 11 is 0. The maximum absolute atomic E-state index is 12.8. The molecule has 3 fully saturated rings. The third-order valence-electron chi connectivity index (χ3n) is 7.17. The second kappa shape index (κ2) is 11.1. The van der Waals surface area contributed by atoms with Gasteiger partial charge in [-0.15, -0.1) is 0 Å². The van der Waals surface area contributed by atoms with Crippen LogP contribution in [0.5, 0.6) is 0 Å². The molecule has 3 amide bonds. The first-order valence-electron chi connectivity index (χ1n) is 12.4. The summed E-state index contributed by atoms with van der Waals surface area (Å²) in [4.78, 5) is 36.0. The normalized spacial score (nSPS) is 20.5. The standard InChI is InChI=1S/C25H39N5O2/c1-26(15-16-27-11-3-2-4-12-27)24(31)23-9-7-22(8-10-23)21-28-17-19-30(20-18-28)25(32)29-13-5-6-14-29/h7-10H,2-6,11-21H2,1H3. The number of benzene rings is 1. The molecule has 32 heavy (non-hydrogen) atoms. The number of piperazine rings is 1. The average molecular weight is 442 g/mol. The third-order valence-corrected chi connectivity index (χ3v) is 7.17. The Hall–Kier alpha value is -2.12. The first kappa shape index (κ1) is 23.1. The van der Waals surface area contributed by atoms with E-state index in [2.05, 4.69) is 21.9 Å². The van der Waals surface area contributed by atoms with Crippen LogP contribution >= 0.6 is 0 Å². The molecule has 1 aromatic carbocycles. The molecule has 3 aliphatic rings. The van der Waals surface area contributed by atoms with Crippen LogP contribution in [0.3, 0.4) is 0 Å². The maximum Gasteiger partial charge on any atom is 0.320 e. The Morgan fingerprint density at radius 3 is 2.00 bits per heavy atom. The van der Waals surface area contributed by atoms with Gasteiger partial charge in [-0.25, -0.2) is 4.79 Å². The Kier molecular flexibility index (Phi) is 8.03. The lowest BCUT2D eigenvalue weighted by Gasteiger charge is -2.36. The molecule has 176 valence electrons. The van der Waals surface area contributed by atoms with Gasteiger partial charge in [0.2, 0.25) is 0 Å². The fourth-order valence-electron chi connectivity index (χ4n) is 5.01. The van der Waals surface area contributed by atoms with E-state index in [1.807, 2.05) is 33.9 Å². The van der Waals surface area contributed by atoms with Crippen molar-refractivity contribution in [2.45, 2.75) is 38.6 Å². The predicted molar refractivity (Wildman–Crippen MR) is 127 cm³/mol. The van der Waals surface area contributed by atoms with Gasteiger partial charge in [-0.05, 0) is 56.5 Å². The van der Waals surface area contributed by atoms with E-state index >= 15 is 0 Å². The Morgan fingerprint density at radius 2 is 1.34 bits per heavy atom. The van der Waals surface area contributed by atoms with E-state index in [1.54, 1.807) is 0 Å². The lowest BCUT2D eigenvalue weighted by Crippen LogP contribution is -2.52.